The first kappa shape index (κ1) is 14.3. The molecule has 2 heterocycles. The van der Waals surface area contributed by atoms with Crippen LogP contribution in [0, 0.1) is 5.41 Å². The first-order valence-electron chi connectivity index (χ1n) is 7.88. The second-order valence-electron chi connectivity index (χ2n) is 6.44. The minimum Gasteiger partial charge on any atom is -0.355 e. The third-order valence-corrected chi connectivity index (χ3v) is 4.99. The number of hydrogen-bond acceptors (Lipinski definition) is 4. The van der Waals surface area contributed by atoms with Crippen molar-refractivity contribution in [3.8, 4) is 0 Å². The Morgan fingerprint density at radius 3 is 2.86 bits per heavy atom. The van der Waals surface area contributed by atoms with Gasteiger partial charge in [-0.05, 0) is 44.7 Å². The molecule has 1 amide bonds. The molecule has 21 heavy (non-hydrogen) atoms. The Bertz CT molecular complexity index is 527. The van der Waals surface area contributed by atoms with E-state index in [-0.39, 0.29) is 11.9 Å². The van der Waals surface area contributed by atoms with Gasteiger partial charge in [0.25, 0.3) is 0 Å². The Labute approximate surface area is 125 Å². The topological polar surface area (TPSA) is 71.2 Å². The second kappa shape index (κ2) is 5.64. The van der Waals surface area contributed by atoms with Gasteiger partial charge in [0.05, 0.1) is 11.1 Å². The molecule has 1 saturated carbocycles. The molecule has 2 aliphatic rings. The lowest BCUT2D eigenvalue weighted by Gasteiger charge is -2.28. The van der Waals surface area contributed by atoms with E-state index < -0.39 is 5.41 Å². The fraction of sp³-hybridized carbons (Fsp3) is 0.625. The maximum absolute atomic E-state index is 12.7. The molecule has 1 aliphatic carbocycles. The van der Waals surface area contributed by atoms with Crippen molar-refractivity contribution in [2.24, 2.45) is 11.1 Å². The maximum Gasteiger partial charge on any atom is 0.231 e. The Morgan fingerprint density at radius 1 is 1.43 bits per heavy atom. The molecule has 1 aromatic rings. The molecule has 5 nitrogen and oxygen atoms in total. The zero-order chi connectivity index (χ0) is 14.9. The number of anilines is 2. The largest absolute Gasteiger partial charge is 0.355 e. The van der Waals surface area contributed by atoms with Crippen LogP contribution in [0.25, 0.3) is 0 Å². The van der Waals surface area contributed by atoms with Gasteiger partial charge in [0.1, 0.15) is 0 Å². The van der Waals surface area contributed by atoms with Crippen LogP contribution in [0.2, 0.25) is 0 Å². The van der Waals surface area contributed by atoms with Crippen molar-refractivity contribution >= 4 is 17.4 Å². The van der Waals surface area contributed by atoms with Crippen LogP contribution in [0.3, 0.4) is 0 Å². The molecule has 2 unspecified atom stereocenters. The summed E-state index contributed by atoms with van der Waals surface area (Å²) >= 11 is 0. The lowest BCUT2D eigenvalue weighted by Crippen LogP contribution is -2.44. The van der Waals surface area contributed by atoms with Crippen LogP contribution in [0.1, 0.15) is 39.0 Å². The first-order chi connectivity index (χ1) is 10.1. The van der Waals surface area contributed by atoms with Gasteiger partial charge in [0.2, 0.25) is 5.91 Å². The number of carbonyl (C=O) groups excluding carboxylic acids is 1. The Kier molecular flexibility index (Phi) is 3.85. The van der Waals surface area contributed by atoms with Crippen LogP contribution < -0.4 is 16.0 Å². The third kappa shape index (κ3) is 2.62. The third-order valence-electron chi connectivity index (χ3n) is 4.99. The van der Waals surface area contributed by atoms with Crippen molar-refractivity contribution in [1.29, 1.82) is 0 Å². The number of nitrogens with two attached hydrogens (primary N) is 1. The summed E-state index contributed by atoms with van der Waals surface area (Å²) < 4.78 is 0. The van der Waals surface area contributed by atoms with E-state index in [0.717, 1.165) is 43.9 Å². The molecule has 5 heteroatoms. The fourth-order valence-electron chi connectivity index (χ4n) is 3.42. The van der Waals surface area contributed by atoms with Gasteiger partial charge in [0, 0.05) is 25.3 Å². The smallest absolute Gasteiger partial charge is 0.231 e. The predicted octanol–water partition coefficient (Wildman–Crippen LogP) is 2.14. The summed E-state index contributed by atoms with van der Waals surface area (Å²) in [4.78, 5) is 19.4. The van der Waals surface area contributed by atoms with E-state index in [0.29, 0.717) is 0 Å². The molecule has 1 aromatic heterocycles. The highest BCUT2D eigenvalue weighted by Crippen LogP contribution is 2.38. The minimum absolute atomic E-state index is 0.0287. The van der Waals surface area contributed by atoms with Crippen molar-refractivity contribution < 1.29 is 4.79 Å². The highest BCUT2D eigenvalue weighted by molar-refractivity contribution is 5.98. The van der Waals surface area contributed by atoms with E-state index in [9.17, 15) is 4.79 Å². The van der Waals surface area contributed by atoms with E-state index in [1.54, 1.807) is 6.20 Å². The van der Waals surface area contributed by atoms with Crippen LogP contribution in [0.15, 0.2) is 18.3 Å². The lowest BCUT2D eigenvalue weighted by atomic mass is 9.84. The summed E-state index contributed by atoms with van der Waals surface area (Å²) in [6, 6.07) is 3.75. The summed E-state index contributed by atoms with van der Waals surface area (Å²) in [6.07, 6.45) is 6.97. The van der Waals surface area contributed by atoms with Gasteiger partial charge in [0.15, 0.2) is 5.82 Å². The van der Waals surface area contributed by atoms with E-state index >= 15 is 0 Å². The average molecular weight is 288 g/mol. The Hall–Kier alpha value is -1.62. The molecule has 114 valence electrons. The van der Waals surface area contributed by atoms with Crippen LogP contribution in [-0.2, 0) is 4.79 Å². The van der Waals surface area contributed by atoms with E-state index in [4.69, 9.17) is 5.73 Å². The van der Waals surface area contributed by atoms with E-state index in [1.807, 2.05) is 19.1 Å². The quantitative estimate of drug-likeness (QED) is 0.894. The molecule has 0 radical (unpaired) electrons. The van der Waals surface area contributed by atoms with Gasteiger partial charge in [-0.1, -0.05) is 6.42 Å². The summed E-state index contributed by atoms with van der Waals surface area (Å²) in [5.41, 5.74) is 6.49. The van der Waals surface area contributed by atoms with E-state index in [2.05, 4.69) is 15.2 Å². The normalized spacial score (nSPS) is 28.9. The van der Waals surface area contributed by atoms with E-state index in [1.165, 1.54) is 12.8 Å². The SMILES string of the molecule is CC1(C(=O)Nc2cccnc2N2CCCC2)CCCC1N. The number of nitrogens with zero attached hydrogens (tertiary/aromatic N) is 2. The van der Waals surface area contributed by atoms with Crippen molar-refractivity contribution in [3.05, 3.63) is 18.3 Å². The van der Waals surface area contributed by atoms with Crippen LogP contribution in [0.5, 0.6) is 0 Å². The van der Waals surface area contributed by atoms with Gasteiger partial charge in [-0.2, -0.15) is 0 Å². The summed E-state index contributed by atoms with van der Waals surface area (Å²) in [5, 5.41) is 3.08. The highest BCUT2D eigenvalue weighted by atomic mass is 16.2. The minimum atomic E-state index is -0.460. The molecule has 2 fully saturated rings. The molecule has 2 atom stereocenters. The lowest BCUT2D eigenvalue weighted by molar-refractivity contribution is -0.125. The monoisotopic (exact) mass is 288 g/mol. The number of nitrogens with one attached hydrogen (secondary N) is 1. The number of amides is 1. The number of aromatic nitrogens is 1. The van der Waals surface area contributed by atoms with Crippen molar-refractivity contribution in [2.45, 2.75) is 45.1 Å². The van der Waals surface area contributed by atoms with Crippen molar-refractivity contribution in [1.82, 2.24) is 4.98 Å². The molecule has 0 bridgehead atoms. The molecule has 1 aliphatic heterocycles. The molecular formula is C16H24N4O. The average Bonchev–Trinajstić information content (AvgIpc) is 3.11. The summed E-state index contributed by atoms with van der Waals surface area (Å²) in [7, 11) is 0. The Balaban J connectivity index is 1.80. The van der Waals surface area contributed by atoms with Gasteiger partial charge < -0.3 is 16.0 Å². The van der Waals surface area contributed by atoms with Crippen molar-refractivity contribution in [2.75, 3.05) is 23.3 Å². The molecule has 1 saturated heterocycles. The zero-order valence-electron chi connectivity index (χ0n) is 12.6. The number of hydrogen-bond donors (Lipinski definition) is 2. The van der Waals surface area contributed by atoms with Gasteiger partial charge in [-0.25, -0.2) is 4.98 Å². The van der Waals surface area contributed by atoms with Crippen molar-refractivity contribution in [3.63, 3.8) is 0 Å². The van der Waals surface area contributed by atoms with Gasteiger partial charge in [-0.15, -0.1) is 0 Å². The summed E-state index contributed by atoms with van der Waals surface area (Å²) in [6.45, 7) is 4.00. The number of pyridine rings is 1. The fourth-order valence-corrected chi connectivity index (χ4v) is 3.42. The maximum atomic E-state index is 12.7. The van der Waals surface area contributed by atoms with Crippen LogP contribution in [0.4, 0.5) is 11.5 Å². The number of rotatable bonds is 3. The Morgan fingerprint density at radius 2 is 2.19 bits per heavy atom. The highest BCUT2D eigenvalue weighted by Gasteiger charge is 2.43. The molecule has 0 spiro atoms. The van der Waals surface area contributed by atoms with Crippen LogP contribution in [-0.4, -0.2) is 30.0 Å². The van der Waals surface area contributed by atoms with Gasteiger partial charge in [-0.3, -0.25) is 4.79 Å². The van der Waals surface area contributed by atoms with Crippen LogP contribution >= 0.6 is 0 Å². The zero-order valence-corrected chi connectivity index (χ0v) is 12.6. The second-order valence-corrected chi connectivity index (χ2v) is 6.44. The van der Waals surface area contributed by atoms with Gasteiger partial charge >= 0.3 is 0 Å². The first-order valence-corrected chi connectivity index (χ1v) is 7.88. The molecule has 3 N–H and O–H groups in total. The number of carbonyl (C=O) groups is 1. The molecule has 3 rings (SSSR count). The standard InChI is InChI=1S/C16H24N4O/c1-16(8-4-7-13(16)17)15(21)19-12-6-5-9-18-14(12)20-10-2-3-11-20/h5-6,9,13H,2-4,7-8,10-11,17H2,1H3,(H,19,21). The predicted molar refractivity (Wildman–Crippen MR) is 84.2 cm³/mol. The summed E-state index contributed by atoms with van der Waals surface area (Å²) in [5.74, 6) is 0.916. The molecule has 0 aromatic carbocycles. The molecular weight excluding hydrogens is 264 g/mol.